The van der Waals surface area contributed by atoms with Gasteiger partial charge in [-0.05, 0) is 80.6 Å². The molecule has 2 saturated heterocycles. The molecule has 1 aromatic carbocycles. The van der Waals surface area contributed by atoms with Gasteiger partial charge in [0.25, 0.3) is 0 Å². The first kappa shape index (κ1) is 26.4. The summed E-state index contributed by atoms with van der Waals surface area (Å²) < 4.78 is 24.5. The van der Waals surface area contributed by atoms with Crippen molar-refractivity contribution in [3.05, 3.63) is 41.0 Å². The highest BCUT2D eigenvalue weighted by molar-refractivity contribution is 5.50. The molecule has 7 nitrogen and oxygen atoms in total. The Morgan fingerprint density at radius 1 is 0.846 bits per heavy atom. The van der Waals surface area contributed by atoms with Gasteiger partial charge in [-0.3, -0.25) is 0 Å². The van der Waals surface area contributed by atoms with Gasteiger partial charge in [-0.15, -0.1) is 0 Å². The Bertz CT molecular complexity index is 1150. The van der Waals surface area contributed by atoms with Gasteiger partial charge < -0.3 is 34.1 Å². The SMILES string of the molecule is CN(C)c1ccc([C@H]2C[C@@]3(C)[C@@H](CC[C@]3(O)C3(C)OCCO3)[C@@H]3CC[C@@]4(O)CC5(CCC4=C32)OCCO5)cc1. The summed E-state index contributed by atoms with van der Waals surface area (Å²) in [6, 6.07) is 8.91. The molecule has 6 atom stereocenters. The number of aliphatic hydroxyl groups is 2. The molecule has 2 heterocycles. The topological polar surface area (TPSA) is 80.6 Å². The predicted molar refractivity (Wildman–Crippen MR) is 147 cm³/mol. The lowest BCUT2D eigenvalue weighted by molar-refractivity contribution is -0.296. The van der Waals surface area contributed by atoms with Crippen molar-refractivity contribution in [2.24, 2.45) is 17.3 Å². The van der Waals surface area contributed by atoms with E-state index in [-0.39, 0.29) is 11.3 Å². The Morgan fingerprint density at radius 3 is 2.18 bits per heavy atom. The first-order valence-corrected chi connectivity index (χ1v) is 15.0. The van der Waals surface area contributed by atoms with Crippen molar-refractivity contribution in [3.63, 3.8) is 0 Å². The number of hydrogen-bond donors (Lipinski definition) is 2. The number of fused-ring (bicyclic) bond motifs is 4. The van der Waals surface area contributed by atoms with Crippen molar-refractivity contribution in [2.75, 3.05) is 45.4 Å². The molecule has 7 heteroatoms. The van der Waals surface area contributed by atoms with E-state index in [0.717, 1.165) is 32.1 Å². The minimum absolute atomic E-state index is 0.114. The number of hydrogen-bond acceptors (Lipinski definition) is 7. The van der Waals surface area contributed by atoms with E-state index < -0.39 is 22.8 Å². The quantitative estimate of drug-likeness (QED) is 0.547. The van der Waals surface area contributed by atoms with Crippen LogP contribution in [0.3, 0.4) is 0 Å². The van der Waals surface area contributed by atoms with E-state index in [9.17, 15) is 10.2 Å². The lowest BCUT2D eigenvalue weighted by atomic mass is 9.49. The first-order chi connectivity index (χ1) is 18.5. The summed E-state index contributed by atoms with van der Waals surface area (Å²) in [5.41, 5.74) is 2.73. The Hall–Kier alpha value is -1.48. The van der Waals surface area contributed by atoms with Crippen molar-refractivity contribution in [3.8, 4) is 0 Å². The molecule has 6 aliphatic rings. The molecule has 1 spiro atoms. The van der Waals surface area contributed by atoms with Crippen molar-refractivity contribution < 1.29 is 29.2 Å². The third-order valence-electron chi connectivity index (χ3n) is 11.8. The van der Waals surface area contributed by atoms with Gasteiger partial charge in [-0.2, -0.15) is 0 Å². The smallest absolute Gasteiger partial charge is 0.195 e. The normalized spacial score (nSPS) is 42.4. The Balaban J connectivity index is 1.35. The molecule has 2 aliphatic heterocycles. The highest BCUT2D eigenvalue weighted by Crippen LogP contribution is 2.70. The van der Waals surface area contributed by atoms with Gasteiger partial charge in [-0.1, -0.05) is 24.6 Å². The second-order valence-electron chi connectivity index (χ2n) is 13.7. The molecule has 0 radical (unpaired) electrons. The summed E-state index contributed by atoms with van der Waals surface area (Å²) in [7, 11) is 4.13. The second-order valence-corrected chi connectivity index (χ2v) is 13.7. The molecular formula is C32H45NO6. The van der Waals surface area contributed by atoms with E-state index in [1.165, 1.54) is 22.4 Å². The van der Waals surface area contributed by atoms with Crippen LogP contribution in [0.15, 0.2) is 35.4 Å². The van der Waals surface area contributed by atoms with Crippen molar-refractivity contribution >= 4 is 5.69 Å². The number of anilines is 1. The summed E-state index contributed by atoms with van der Waals surface area (Å²) in [6.45, 7) is 6.49. The van der Waals surface area contributed by atoms with Crippen LogP contribution in [0.1, 0.15) is 76.7 Å². The molecule has 0 aromatic heterocycles. The maximum Gasteiger partial charge on any atom is 0.195 e. The predicted octanol–water partition coefficient (Wildman–Crippen LogP) is 4.52. The van der Waals surface area contributed by atoms with Gasteiger partial charge in [0.15, 0.2) is 11.6 Å². The van der Waals surface area contributed by atoms with Crippen molar-refractivity contribution in [2.45, 2.75) is 93.9 Å². The average Bonchev–Trinajstić information content (AvgIpc) is 3.62. The monoisotopic (exact) mass is 539 g/mol. The fourth-order valence-electron chi connectivity index (χ4n) is 9.82. The van der Waals surface area contributed by atoms with Crippen LogP contribution in [0.4, 0.5) is 5.69 Å². The van der Waals surface area contributed by atoms with E-state index in [1.807, 2.05) is 6.92 Å². The van der Waals surface area contributed by atoms with Gasteiger partial charge >= 0.3 is 0 Å². The van der Waals surface area contributed by atoms with Crippen LogP contribution in [0, 0.1) is 17.3 Å². The number of nitrogens with zero attached hydrogens (tertiary/aromatic N) is 1. The Labute approximate surface area is 232 Å². The summed E-state index contributed by atoms with van der Waals surface area (Å²) >= 11 is 0. The van der Waals surface area contributed by atoms with Crippen LogP contribution >= 0.6 is 0 Å². The molecular weight excluding hydrogens is 494 g/mol. The minimum Gasteiger partial charge on any atom is -0.385 e. The summed E-state index contributed by atoms with van der Waals surface area (Å²) in [4.78, 5) is 2.12. The van der Waals surface area contributed by atoms with Gasteiger partial charge in [0.05, 0.1) is 32.0 Å². The van der Waals surface area contributed by atoms with E-state index in [4.69, 9.17) is 18.9 Å². The number of rotatable bonds is 3. The molecule has 39 heavy (non-hydrogen) atoms. The van der Waals surface area contributed by atoms with Crippen LogP contribution in [0.2, 0.25) is 0 Å². The first-order valence-electron chi connectivity index (χ1n) is 15.0. The summed E-state index contributed by atoms with van der Waals surface area (Å²) in [6.07, 6.45) is 6.15. The largest absolute Gasteiger partial charge is 0.385 e. The van der Waals surface area contributed by atoms with Crippen molar-refractivity contribution in [1.82, 2.24) is 0 Å². The lowest BCUT2D eigenvalue weighted by Crippen LogP contribution is -2.63. The molecule has 7 rings (SSSR count). The third kappa shape index (κ3) is 3.63. The van der Waals surface area contributed by atoms with Gasteiger partial charge in [-0.25, -0.2) is 0 Å². The Morgan fingerprint density at radius 2 is 1.51 bits per heavy atom. The number of benzene rings is 1. The molecule has 5 fully saturated rings. The van der Waals surface area contributed by atoms with E-state index in [1.54, 1.807) is 0 Å². The molecule has 214 valence electrons. The van der Waals surface area contributed by atoms with Crippen molar-refractivity contribution in [1.29, 1.82) is 0 Å². The Kier molecular flexibility index (Phi) is 5.94. The van der Waals surface area contributed by atoms with Gasteiger partial charge in [0.1, 0.15) is 5.60 Å². The van der Waals surface area contributed by atoms with E-state index >= 15 is 0 Å². The molecule has 2 N–H and O–H groups in total. The highest BCUT2D eigenvalue weighted by Gasteiger charge is 2.71. The standard InChI is InChI=1S/C32H45NO6/c1-28-19-24(21-5-7-22(8-6-21)33(3)4)27-23(25(28)11-14-32(28,35)29(2)36-15-16-37-29)9-12-30(34)20-31(13-10-26(27)30)38-17-18-39-31/h5-8,23-25,34-35H,9-20H2,1-4H3/t23-,24+,25-,28-,30+,32+/m0/s1. The number of allylic oxidation sites excluding steroid dienone is 1. The van der Waals surface area contributed by atoms with Crippen LogP contribution in [-0.4, -0.2) is 73.5 Å². The second kappa shape index (κ2) is 8.76. The fourth-order valence-corrected chi connectivity index (χ4v) is 9.82. The van der Waals surface area contributed by atoms with Crippen LogP contribution < -0.4 is 4.90 Å². The molecule has 0 amide bonds. The van der Waals surface area contributed by atoms with Crippen LogP contribution in [0.25, 0.3) is 0 Å². The zero-order valence-electron chi connectivity index (χ0n) is 24.0. The highest BCUT2D eigenvalue weighted by atomic mass is 16.8. The van der Waals surface area contributed by atoms with Gasteiger partial charge in [0.2, 0.25) is 0 Å². The van der Waals surface area contributed by atoms with Crippen LogP contribution in [0.5, 0.6) is 0 Å². The molecule has 0 bridgehead atoms. The maximum absolute atomic E-state index is 12.5. The van der Waals surface area contributed by atoms with E-state index in [0.29, 0.717) is 57.5 Å². The molecule has 3 saturated carbocycles. The lowest BCUT2D eigenvalue weighted by Gasteiger charge is -2.59. The fraction of sp³-hybridized carbons (Fsp3) is 0.750. The maximum atomic E-state index is 12.5. The zero-order valence-corrected chi connectivity index (χ0v) is 24.0. The average molecular weight is 540 g/mol. The van der Waals surface area contributed by atoms with Gasteiger partial charge in [0, 0.05) is 44.0 Å². The number of ether oxygens (including phenoxy) is 4. The third-order valence-corrected chi connectivity index (χ3v) is 11.8. The molecule has 4 aliphatic carbocycles. The summed E-state index contributed by atoms with van der Waals surface area (Å²) in [5, 5.41) is 24.8. The minimum atomic E-state index is -1.07. The van der Waals surface area contributed by atoms with Crippen LogP contribution in [-0.2, 0) is 18.9 Å². The molecule has 0 unspecified atom stereocenters. The summed E-state index contributed by atoms with van der Waals surface area (Å²) in [5.74, 6) is -0.896. The van der Waals surface area contributed by atoms with E-state index in [2.05, 4.69) is 50.2 Å². The zero-order chi connectivity index (χ0) is 27.3. The molecule has 1 aromatic rings.